The van der Waals surface area contributed by atoms with Gasteiger partial charge in [-0.05, 0) is 49.4 Å². The van der Waals surface area contributed by atoms with Crippen LogP contribution in [-0.4, -0.2) is 47.3 Å². The molecule has 1 unspecified atom stereocenters. The summed E-state index contributed by atoms with van der Waals surface area (Å²) in [5.41, 5.74) is 1.11. The van der Waals surface area contributed by atoms with Crippen LogP contribution in [0.15, 0.2) is 40.2 Å². The van der Waals surface area contributed by atoms with Crippen molar-refractivity contribution in [3.8, 4) is 22.2 Å². The fourth-order valence-electron chi connectivity index (χ4n) is 3.58. The lowest BCUT2D eigenvalue weighted by atomic mass is 10.1. The third kappa shape index (κ3) is 4.48. The Balaban J connectivity index is 1.38. The fraction of sp³-hybridized carbons (Fsp3) is 0.409. The van der Waals surface area contributed by atoms with E-state index in [4.69, 9.17) is 14.0 Å². The molecule has 30 heavy (non-hydrogen) atoms. The summed E-state index contributed by atoms with van der Waals surface area (Å²) in [6.07, 6.45) is 1.15. The van der Waals surface area contributed by atoms with Gasteiger partial charge in [0.05, 0.1) is 24.0 Å². The van der Waals surface area contributed by atoms with Crippen molar-refractivity contribution in [2.75, 3.05) is 26.3 Å². The molecule has 1 aromatic carbocycles. The van der Waals surface area contributed by atoms with Crippen LogP contribution in [-0.2, 0) is 11.2 Å². The fourth-order valence-corrected chi connectivity index (χ4v) is 4.22. The van der Waals surface area contributed by atoms with Crippen molar-refractivity contribution in [3.05, 3.63) is 47.2 Å². The van der Waals surface area contributed by atoms with Crippen LogP contribution < -0.4 is 9.47 Å². The van der Waals surface area contributed by atoms with Crippen LogP contribution in [0.4, 0.5) is 0 Å². The summed E-state index contributed by atoms with van der Waals surface area (Å²) < 4.78 is 16.8. The molecule has 0 N–H and O–H groups in total. The Labute approximate surface area is 179 Å². The first-order valence-electron chi connectivity index (χ1n) is 10.2. The molecule has 0 aliphatic carbocycles. The summed E-state index contributed by atoms with van der Waals surface area (Å²) in [6, 6.07) is 9.87. The molecule has 2 aromatic heterocycles. The number of nitrogens with zero attached hydrogens (tertiary/aromatic N) is 3. The molecule has 1 amide bonds. The van der Waals surface area contributed by atoms with Gasteiger partial charge in [-0.25, -0.2) is 0 Å². The number of rotatable bonds is 9. The Morgan fingerprint density at radius 1 is 1.20 bits per heavy atom. The highest BCUT2D eigenvalue weighted by Gasteiger charge is 2.34. The van der Waals surface area contributed by atoms with Gasteiger partial charge in [-0.2, -0.15) is 4.98 Å². The monoisotopic (exact) mass is 427 g/mol. The number of benzene rings is 1. The van der Waals surface area contributed by atoms with E-state index in [0.717, 1.165) is 28.4 Å². The quantitative estimate of drug-likeness (QED) is 0.510. The first-order valence-corrected chi connectivity index (χ1v) is 11.1. The highest BCUT2D eigenvalue weighted by Crippen LogP contribution is 2.31. The van der Waals surface area contributed by atoms with Gasteiger partial charge in [0.1, 0.15) is 0 Å². The second kappa shape index (κ2) is 9.30. The molecular formula is C22H25N3O4S. The van der Waals surface area contributed by atoms with E-state index in [0.29, 0.717) is 44.4 Å². The second-order valence-corrected chi connectivity index (χ2v) is 8.02. The maximum absolute atomic E-state index is 12.5. The smallest absolute Gasteiger partial charge is 0.232 e. The number of hydrogen-bond donors (Lipinski definition) is 0. The molecule has 8 heteroatoms. The molecule has 0 bridgehead atoms. The maximum atomic E-state index is 12.5. The summed E-state index contributed by atoms with van der Waals surface area (Å²) in [5.74, 6) is 2.68. The summed E-state index contributed by atoms with van der Waals surface area (Å²) in [7, 11) is 0. The highest BCUT2D eigenvalue weighted by atomic mass is 32.1. The molecule has 158 valence electrons. The Bertz CT molecular complexity index is 986. The minimum absolute atomic E-state index is 0.0574. The van der Waals surface area contributed by atoms with Crippen molar-refractivity contribution in [1.29, 1.82) is 0 Å². The van der Waals surface area contributed by atoms with Crippen LogP contribution in [0, 0.1) is 0 Å². The van der Waals surface area contributed by atoms with Gasteiger partial charge in [0.15, 0.2) is 11.5 Å². The molecule has 0 spiro atoms. The van der Waals surface area contributed by atoms with Crippen molar-refractivity contribution in [2.45, 2.75) is 32.6 Å². The van der Waals surface area contributed by atoms with Crippen molar-refractivity contribution in [1.82, 2.24) is 15.0 Å². The largest absolute Gasteiger partial charge is 0.490 e. The van der Waals surface area contributed by atoms with Gasteiger partial charge in [0.25, 0.3) is 0 Å². The molecule has 1 saturated heterocycles. The predicted molar refractivity (Wildman–Crippen MR) is 114 cm³/mol. The second-order valence-electron chi connectivity index (χ2n) is 7.07. The Morgan fingerprint density at radius 3 is 2.80 bits per heavy atom. The lowest BCUT2D eigenvalue weighted by Crippen LogP contribution is -2.27. The number of likely N-dealkylation sites (tertiary alicyclic amines) is 1. The van der Waals surface area contributed by atoms with Crippen molar-refractivity contribution in [3.63, 3.8) is 0 Å². The van der Waals surface area contributed by atoms with Gasteiger partial charge < -0.3 is 18.9 Å². The van der Waals surface area contributed by atoms with Crippen LogP contribution in [0.2, 0.25) is 0 Å². The topological polar surface area (TPSA) is 77.7 Å². The number of thiophene rings is 1. The van der Waals surface area contributed by atoms with E-state index in [9.17, 15) is 4.79 Å². The van der Waals surface area contributed by atoms with Gasteiger partial charge in [-0.1, -0.05) is 17.3 Å². The average molecular weight is 428 g/mol. The number of ether oxygens (including phenoxy) is 2. The van der Waals surface area contributed by atoms with Crippen LogP contribution >= 0.6 is 11.3 Å². The zero-order valence-corrected chi connectivity index (χ0v) is 18.0. The lowest BCUT2D eigenvalue weighted by Gasteiger charge is -2.17. The van der Waals surface area contributed by atoms with Crippen LogP contribution in [0.3, 0.4) is 0 Å². The van der Waals surface area contributed by atoms with E-state index in [1.165, 1.54) is 0 Å². The number of carbonyl (C=O) groups excluding carboxylic acids is 1. The van der Waals surface area contributed by atoms with E-state index in [2.05, 4.69) is 10.1 Å². The molecule has 1 aliphatic rings. The zero-order chi connectivity index (χ0) is 20.9. The standard InChI is InChI=1S/C22H25N3O4S/c1-3-27-17-8-7-15(12-18(17)28-4-2)9-10-25-14-16(13-20(25)26)22-23-21(24-29-22)19-6-5-11-30-19/h5-8,11-12,16H,3-4,9-10,13-14H2,1-2H3. The van der Waals surface area contributed by atoms with E-state index in [1.54, 1.807) is 11.3 Å². The molecule has 1 fully saturated rings. The van der Waals surface area contributed by atoms with Crippen molar-refractivity contribution >= 4 is 17.2 Å². The third-order valence-corrected chi connectivity index (χ3v) is 5.89. The molecule has 1 aliphatic heterocycles. The molecule has 4 rings (SSSR count). The van der Waals surface area contributed by atoms with E-state index < -0.39 is 0 Å². The number of hydrogen-bond acceptors (Lipinski definition) is 7. The van der Waals surface area contributed by atoms with Crippen molar-refractivity contribution < 1.29 is 18.8 Å². The summed E-state index contributed by atoms with van der Waals surface area (Å²) >= 11 is 1.57. The Hall–Kier alpha value is -2.87. The number of carbonyl (C=O) groups is 1. The third-order valence-electron chi connectivity index (χ3n) is 5.03. The van der Waals surface area contributed by atoms with Gasteiger partial charge in [0.2, 0.25) is 17.6 Å². The molecule has 3 heterocycles. The van der Waals surface area contributed by atoms with Gasteiger partial charge in [0, 0.05) is 19.5 Å². The van der Waals surface area contributed by atoms with Crippen LogP contribution in [0.1, 0.15) is 37.6 Å². The molecule has 0 saturated carbocycles. The molecular weight excluding hydrogens is 402 g/mol. The summed E-state index contributed by atoms with van der Waals surface area (Å²) in [4.78, 5) is 19.9. The van der Waals surface area contributed by atoms with Gasteiger partial charge in [-0.15, -0.1) is 11.3 Å². The van der Waals surface area contributed by atoms with Crippen molar-refractivity contribution in [2.24, 2.45) is 0 Å². The Morgan fingerprint density at radius 2 is 2.03 bits per heavy atom. The Kier molecular flexibility index (Phi) is 6.32. The molecule has 7 nitrogen and oxygen atoms in total. The maximum Gasteiger partial charge on any atom is 0.232 e. The zero-order valence-electron chi connectivity index (χ0n) is 17.2. The predicted octanol–water partition coefficient (Wildman–Crippen LogP) is 4.15. The van der Waals surface area contributed by atoms with E-state index in [-0.39, 0.29) is 11.8 Å². The van der Waals surface area contributed by atoms with Gasteiger partial charge >= 0.3 is 0 Å². The van der Waals surface area contributed by atoms with E-state index >= 15 is 0 Å². The van der Waals surface area contributed by atoms with Crippen LogP contribution in [0.25, 0.3) is 10.7 Å². The molecule has 3 aromatic rings. The minimum Gasteiger partial charge on any atom is -0.490 e. The van der Waals surface area contributed by atoms with E-state index in [1.807, 2.05) is 54.5 Å². The summed E-state index contributed by atoms with van der Waals surface area (Å²) in [6.45, 7) is 6.31. The highest BCUT2D eigenvalue weighted by molar-refractivity contribution is 7.13. The molecule has 0 radical (unpaired) electrons. The van der Waals surface area contributed by atoms with Crippen LogP contribution in [0.5, 0.6) is 11.5 Å². The minimum atomic E-state index is -0.0574. The average Bonchev–Trinajstić information content (AvgIpc) is 3.49. The summed E-state index contributed by atoms with van der Waals surface area (Å²) in [5, 5.41) is 6.04. The number of aromatic nitrogens is 2. The molecule has 1 atom stereocenters. The van der Waals surface area contributed by atoms with Gasteiger partial charge in [-0.3, -0.25) is 4.79 Å². The normalized spacial score (nSPS) is 16.3. The first kappa shape index (κ1) is 20.4. The first-order chi connectivity index (χ1) is 14.7. The lowest BCUT2D eigenvalue weighted by molar-refractivity contribution is -0.127. The number of amides is 1. The SMILES string of the molecule is CCOc1ccc(CCN2CC(c3nc(-c4cccs4)no3)CC2=O)cc1OCC.